The molecule has 1 heterocycles. The van der Waals surface area contributed by atoms with Crippen LogP contribution in [0.25, 0.3) is 0 Å². The fourth-order valence-corrected chi connectivity index (χ4v) is 8.72. The molecule has 2 aromatic carbocycles. The minimum atomic E-state index is -2.11. The Labute approximate surface area is 326 Å². The number of aliphatic hydroxyl groups is 3. The molecule has 304 valence electrons. The number of Topliss-reactive ketones (excluding diaryl/α,β-unsaturated/α-hetero) is 1. The third kappa shape index (κ3) is 7.77. The van der Waals surface area contributed by atoms with Gasteiger partial charge in [-0.3, -0.25) is 14.4 Å². The zero-order valence-corrected chi connectivity index (χ0v) is 32.9. The fraction of sp³-hybridized carbons (Fsp3) is 0.524. The first kappa shape index (κ1) is 42.7. The monoisotopic (exact) mass is 779 g/mol. The molecule has 2 aliphatic carbocycles. The molecule has 10 atom stereocenters. The molecule has 5 rings (SSSR count). The highest BCUT2D eigenvalue weighted by Gasteiger charge is 2.66. The van der Waals surface area contributed by atoms with Gasteiger partial charge in [0.05, 0.1) is 23.7 Å². The molecule has 2 aromatic rings. The molecule has 0 amide bonds. The number of benzene rings is 2. The van der Waals surface area contributed by atoms with Crippen LogP contribution in [0.1, 0.15) is 89.7 Å². The van der Waals surface area contributed by atoms with Crippen molar-refractivity contribution in [3.8, 4) is 0 Å². The predicted octanol–water partition coefficient (Wildman–Crippen LogP) is 2.44. The average molecular weight is 780 g/mol. The lowest BCUT2D eigenvalue weighted by molar-refractivity contribution is -0.647. The minimum Gasteiger partial charge on any atom is -0.470 e. The molecule has 0 unspecified atom stereocenters. The van der Waals surface area contributed by atoms with Crippen molar-refractivity contribution in [2.45, 2.75) is 122 Å². The van der Waals surface area contributed by atoms with Crippen LogP contribution in [0, 0.1) is 17.9 Å². The Balaban J connectivity index is 1.61. The van der Waals surface area contributed by atoms with Gasteiger partial charge in [0, 0.05) is 44.1 Å². The number of hydrogen-bond acceptors (Lipinski definition) is 13. The van der Waals surface area contributed by atoms with Crippen molar-refractivity contribution >= 4 is 29.7 Å². The molecule has 1 saturated carbocycles. The Morgan fingerprint density at radius 3 is 2.09 bits per heavy atom. The van der Waals surface area contributed by atoms with E-state index >= 15 is 4.79 Å². The number of esters is 4. The summed E-state index contributed by atoms with van der Waals surface area (Å²) in [4.78, 5) is 67.4. The molecule has 2 fully saturated rings. The molecule has 0 aromatic heterocycles. The smallest absolute Gasteiger partial charge is 0.342 e. The average Bonchev–Trinajstić information content (AvgIpc) is 3.14. The summed E-state index contributed by atoms with van der Waals surface area (Å²) in [5, 5.41) is 37.1. The Morgan fingerprint density at radius 2 is 1.55 bits per heavy atom. The van der Waals surface area contributed by atoms with Gasteiger partial charge >= 0.3 is 23.9 Å². The second-order valence-corrected chi connectivity index (χ2v) is 16.0. The van der Waals surface area contributed by atoms with Crippen molar-refractivity contribution in [1.29, 1.82) is 0 Å². The van der Waals surface area contributed by atoms with Crippen LogP contribution in [0.3, 0.4) is 0 Å². The zero-order valence-electron chi connectivity index (χ0n) is 32.9. The van der Waals surface area contributed by atoms with E-state index in [-0.39, 0.29) is 42.6 Å². The van der Waals surface area contributed by atoms with Crippen LogP contribution in [0.4, 0.5) is 0 Å². The predicted molar refractivity (Wildman–Crippen MR) is 198 cm³/mol. The van der Waals surface area contributed by atoms with Crippen LogP contribution in [-0.4, -0.2) is 99.4 Å². The van der Waals surface area contributed by atoms with Gasteiger partial charge in [-0.15, -0.1) is 0 Å². The van der Waals surface area contributed by atoms with Crippen LogP contribution in [0.2, 0.25) is 0 Å². The van der Waals surface area contributed by atoms with Gasteiger partial charge in [0.25, 0.3) is 0 Å². The Kier molecular flexibility index (Phi) is 12.3. The van der Waals surface area contributed by atoms with E-state index in [1.807, 2.05) is 0 Å². The molecular formula is C42H53NO13. The van der Waals surface area contributed by atoms with Crippen molar-refractivity contribution in [2.24, 2.45) is 10.8 Å². The summed E-state index contributed by atoms with van der Waals surface area (Å²) in [7, 11) is 3.79. The van der Waals surface area contributed by atoms with Crippen molar-refractivity contribution in [2.75, 3.05) is 6.61 Å². The highest BCUT2D eigenvalue weighted by Crippen LogP contribution is 2.55. The van der Waals surface area contributed by atoms with E-state index in [0.29, 0.717) is 5.56 Å². The number of fused-ring (bicyclic) bond motifs is 1. The van der Waals surface area contributed by atoms with Crippen molar-refractivity contribution in [3.63, 3.8) is 0 Å². The summed E-state index contributed by atoms with van der Waals surface area (Å²) < 4.78 is 29.0. The Bertz CT molecular complexity index is 1850. The van der Waals surface area contributed by atoms with E-state index in [4.69, 9.17) is 23.7 Å². The summed E-state index contributed by atoms with van der Waals surface area (Å²) in [6, 6.07) is 15.9. The number of ether oxygens (including phenoxy) is 5. The van der Waals surface area contributed by atoms with E-state index in [1.165, 1.54) is 26.1 Å². The van der Waals surface area contributed by atoms with E-state index < -0.39 is 94.4 Å². The first-order chi connectivity index (χ1) is 26.2. The fourth-order valence-electron chi connectivity index (χ4n) is 8.72. The lowest BCUT2D eigenvalue weighted by atomic mass is 9.55. The number of nitrogens with two attached hydrogens (primary N) is 1. The number of rotatable bonds is 13. The molecule has 3 aliphatic rings. The third-order valence-electron chi connectivity index (χ3n) is 12.1. The molecule has 0 spiro atoms. The van der Waals surface area contributed by atoms with Crippen LogP contribution < -0.4 is 5.32 Å². The third-order valence-corrected chi connectivity index (χ3v) is 12.1. The summed E-state index contributed by atoms with van der Waals surface area (Å²) in [5.74, 6) is -4.06. The van der Waals surface area contributed by atoms with E-state index in [0.717, 1.165) is 6.92 Å². The van der Waals surface area contributed by atoms with Crippen molar-refractivity contribution < 1.29 is 68.3 Å². The maximum Gasteiger partial charge on any atom is 0.342 e. The van der Waals surface area contributed by atoms with Crippen LogP contribution in [-0.2, 0) is 42.9 Å². The number of hydrogen-bond donors (Lipinski definition) is 4. The van der Waals surface area contributed by atoms with E-state index in [2.05, 4.69) is 7.05 Å². The first-order valence-corrected chi connectivity index (χ1v) is 18.7. The molecule has 1 saturated heterocycles. The maximum absolute atomic E-state index is 15.1. The SMILES string of the molecule is [CH2-][NH2+][C@@H](c1ccccc1)[C@@H](O)C(=O)O[C@H]1C[C@@](O)([C@H](C)OC(=O)c2ccccc2)C(C)(C)C([C@@H](OC(C)=O)C(=O)[C@@]2(C)C[C@]3(OC(C)=O)CO[C@@H]3C[C@@H]2O)=C1C. The molecule has 56 heavy (non-hydrogen) atoms. The highest BCUT2D eigenvalue weighted by molar-refractivity contribution is 5.94. The summed E-state index contributed by atoms with van der Waals surface area (Å²) >= 11 is 0. The number of ketones is 1. The molecule has 0 bridgehead atoms. The number of aliphatic hydroxyl groups excluding tert-OH is 2. The van der Waals surface area contributed by atoms with Crippen LogP contribution >= 0.6 is 0 Å². The molecule has 14 heteroatoms. The number of carbonyl (C=O) groups is 5. The highest BCUT2D eigenvalue weighted by atomic mass is 16.6. The van der Waals surface area contributed by atoms with Gasteiger partial charge in [0.2, 0.25) is 6.10 Å². The Hall–Kier alpha value is -4.47. The van der Waals surface area contributed by atoms with Gasteiger partial charge in [-0.2, -0.15) is 7.05 Å². The maximum atomic E-state index is 15.1. The van der Waals surface area contributed by atoms with E-state index in [9.17, 15) is 34.5 Å². The summed E-state index contributed by atoms with van der Waals surface area (Å²) in [6.07, 6.45) is -8.80. The minimum absolute atomic E-state index is 0.0165. The van der Waals surface area contributed by atoms with Crippen LogP contribution in [0.15, 0.2) is 71.8 Å². The first-order valence-electron chi connectivity index (χ1n) is 18.7. The lowest BCUT2D eigenvalue weighted by Gasteiger charge is -2.58. The van der Waals surface area contributed by atoms with Crippen LogP contribution in [0.5, 0.6) is 0 Å². The lowest BCUT2D eigenvalue weighted by Crippen LogP contribution is -2.81. The molecular weight excluding hydrogens is 726 g/mol. The van der Waals surface area contributed by atoms with Crippen molar-refractivity contribution in [3.05, 3.63) is 90.0 Å². The van der Waals surface area contributed by atoms with Gasteiger partial charge < -0.3 is 44.3 Å². The van der Waals surface area contributed by atoms with Gasteiger partial charge in [-0.25, -0.2) is 9.59 Å². The number of quaternary nitrogens is 1. The van der Waals surface area contributed by atoms with Gasteiger partial charge in [-0.05, 0) is 44.1 Å². The topological polar surface area (TPSA) is 209 Å². The standard InChI is InChI=1S/C42H53NO13/c1-23-29(55-38(50)34(47)33(43-8)27-15-11-9-12-16-27)20-42(51,24(2)53-37(49)28-17-13-10-14-18-28)39(5,6)32(23)35(54-25(3)44)36(48)40(7)21-41(56-26(4)45)22-52-31(41)19-30(40)46/h9-18,24,29-31,33-35,46-47,51H,8,19-22,43H2,1-7H3/t24-,29-,30-,31+,33-,34+,35+,40-,41-,42+/m0/s1. The van der Waals surface area contributed by atoms with Gasteiger partial charge in [0.15, 0.2) is 17.5 Å². The summed E-state index contributed by atoms with van der Waals surface area (Å²) in [6.45, 7) is 10.0. The second-order valence-electron chi connectivity index (χ2n) is 16.0. The molecule has 14 nitrogen and oxygen atoms in total. The summed E-state index contributed by atoms with van der Waals surface area (Å²) in [5.41, 5.74) is -5.53. The van der Waals surface area contributed by atoms with Gasteiger partial charge in [0.1, 0.15) is 30.0 Å². The largest absolute Gasteiger partial charge is 0.470 e. The van der Waals surface area contributed by atoms with Gasteiger partial charge in [-0.1, -0.05) is 62.4 Å². The van der Waals surface area contributed by atoms with E-state index in [1.54, 1.807) is 81.4 Å². The molecule has 0 radical (unpaired) electrons. The normalized spacial score (nSPS) is 30.3. The second kappa shape index (κ2) is 16.2. The van der Waals surface area contributed by atoms with Crippen molar-refractivity contribution in [1.82, 2.24) is 0 Å². The molecule has 1 aliphatic heterocycles. The molecule has 5 N–H and O–H groups in total. The Morgan fingerprint density at radius 1 is 0.946 bits per heavy atom. The quantitative estimate of drug-likeness (QED) is 0.0999. The zero-order chi connectivity index (χ0) is 41.4. The number of carbonyl (C=O) groups excluding carboxylic acids is 5.